The van der Waals surface area contributed by atoms with Gasteiger partial charge in [-0.2, -0.15) is 10.2 Å². The highest BCUT2D eigenvalue weighted by molar-refractivity contribution is 5.99. The lowest BCUT2D eigenvalue weighted by Crippen LogP contribution is -2.02. The third-order valence-electron chi connectivity index (χ3n) is 1.98. The molecule has 16 heavy (non-hydrogen) atoms. The van der Waals surface area contributed by atoms with Crippen molar-refractivity contribution in [1.82, 2.24) is 20.4 Å². The van der Waals surface area contributed by atoms with Crippen molar-refractivity contribution < 1.29 is 19.8 Å². The number of carbonyl (C=O) groups is 2. The summed E-state index contributed by atoms with van der Waals surface area (Å²) in [4.78, 5) is 21.6. The minimum absolute atomic E-state index is 0.179. The fourth-order valence-electron chi connectivity index (χ4n) is 1.32. The van der Waals surface area contributed by atoms with Crippen molar-refractivity contribution in [2.24, 2.45) is 0 Å². The van der Waals surface area contributed by atoms with Gasteiger partial charge in [0.1, 0.15) is 0 Å². The summed E-state index contributed by atoms with van der Waals surface area (Å²) in [5.74, 6) is -2.48. The number of hydrogen-bond acceptors (Lipinski definition) is 4. The minimum atomic E-state index is -1.24. The van der Waals surface area contributed by atoms with Crippen molar-refractivity contribution in [2.45, 2.75) is 0 Å². The third kappa shape index (κ3) is 1.41. The Hall–Kier alpha value is -2.64. The second kappa shape index (κ2) is 3.50. The highest BCUT2D eigenvalue weighted by Gasteiger charge is 2.21. The Morgan fingerprint density at radius 1 is 0.938 bits per heavy atom. The van der Waals surface area contributed by atoms with Gasteiger partial charge in [-0.15, -0.1) is 0 Å². The maximum atomic E-state index is 10.8. The predicted molar refractivity (Wildman–Crippen MR) is 50.1 cm³/mol. The zero-order chi connectivity index (χ0) is 11.7. The molecule has 0 bridgehead atoms. The molecule has 82 valence electrons. The fourth-order valence-corrected chi connectivity index (χ4v) is 1.32. The van der Waals surface area contributed by atoms with Crippen molar-refractivity contribution >= 4 is 11.9 Å². The molecular weight excluding hydrogens is 216 g/mol. The quantitative estimate of drug-likeness (QED) is 0.586. The average molecular weight is 222 g/mol. The molecule has 0 aliphatic heterocycles. The van der Waals surface area contributed by atoms with Crippen LogP contribution < -0.4 is 0 Å². The van der Waals surface area contributed by atoms with Gasteiger partial charge in [0.15, 0.2) is 11.4 Å². The smallest absolute Gasteiger partial charge is 0.357 e. The number of H-pyrrole nitrogens is 2. The molecule has 0 aliphatic rings. The number of rotatable bonds is 3. The monoisotopic (exact) mass is 222 g/mol. The van der Waals surface area contributed by atoms with E-state index in [1.54, 1.807) is 0 Å². The van der Waals surface area contributed by atoms with E-state index in [0.717, 1.165) is 0 Å². The van der Waals surface area contributed by atoms with Crippen LogP contribution in [-0.4, -0.2) is 42.5 Å². The van der Waals surface area contributed by atoms with Gasteiger partial charge in [0, 0.05) is 23.5 Å². The number of aromatic carboxylic acids is 2. The molecule has 8 heteroatoms. The largest absolute Gasteiger partial charge is 0.476 e. The predicted octanol–water partition coefficient (Wildman–Crippen LogP) is 0.196. The van der Waals surface area contributed by atoms with Crippen LogP contribution in [0, 0.1) is 0 Å². The summed E-state index contributed by atoms with van der Waals surface area (Å²) in [6.07, 6.45) is 2.61. The van der Waals surface area contributed by atoms with Gasteiger partial charge in [-0.05, 0) is 0 Å². The van der Waals surface area contributed by atoms with Gasteiger partial charge in [0.05, 0.1) is 0 Å². The van der Waals surface area contributed by atoms with Gasteiger partial charge < -0.3 is 10.2 Å². The van der Waals surface area contributed by atoms with Gasteiger partial charge >= 0.3 is 11.9 Å². The molecule has 0 aliphatic carbocycles. The number of nitrogens with one attached hydrogen (secondary N) is 2. The van der Waals surface area contributed by atoms with Crippen LogP contribution in [-0.2, 0) is 0 Å². The van der Waals surface area contributed by atoms with Crippen LogP contribution in [0.2, 0.25) is 0 Å². The van der Waals surface area contributed by atoms with Gasteiger partial charge in [-0.25, -0.2) is 9.59 Å². The standard InChI is InChI=1S/C8H6N4O4/c13-7(14)5-3(1-9-11-5)4-2-10-12-6(4)8(15)16/h1-2H,(H,9,11)(H,10,12)(H,13,14)(H,15,16). The summed E-state index contributed by atoms with van der Waals surface area (Å²) >= 11 is 0. The van der Waals surface area contributed by atoms with E-state index < -0.39 is 11.9 Å². The number of nitrogens with zero attached hydrogens (tertiary/aromatic N) is 2. The van der Waals surface area contributed by atoms with E-state index in [1.165, 1.54) is 12.4 Å². The first-order valence-corrected chi connectivity index (χ1v) is 4.15. The lowest BCUT2D eigenvalue weighted by Gasteiger charge is -1.95. The molecule has 0 unspecified atom stereocenters. The van der Waals surface area contributed by atoms with Crippen LogP contribution in [0.1, 0.15) is 21.0 Å². The first kappa shape index (κ1) is 9.90. The van der Waals surface area contributed by atoms with E-state index in [0.29, 0.717) is 0 Å². The van der Waals surface area contributed by atoms with Crippen molar-refractivity contribution in [2.75, 3.05) is 0 Å². The van der Waals surface area contributed by atoms with Crippen LogP contribution in [0.4, 0.5) is 0 Å². The molecule has 8 nitrogen and oxygen atoms in total. The Balaban J connectivity index is 2.59. The topological polar surface area (TPSA) is 132 Å². The van der Waals surface area contributed by atoms with Crippen molar-refractivity contribution in [1.29, 1.82) is 0 Å². The fraction of sp³-hybridized carbons (Fsp3) is 0. The van der Waals surface area contributed by atoms with E-state index >= 15 is 0 Å². The Kier molecular flexibility index (Phi) is 2.16. The van der Waals surface area contributed by atoms with E-state index in [9.17, 15) is 9.59 Å². The highest BCUT2D eigenvalue weighted by atomic mass is 16.4. The van der Waals surface area contributed by atoms with Gasteiger partial charge in [-0.3, -0.25) is 10.2 Å². The number of aromatic amines is 2. The zero-order valence-corrected chi connectivity index (χ0v) is 7.76. The molecule has 0 spiro atoms. The van der Waals surface area contributed by atoms with E-state index in [4.69, 9.17) is 10.2 Å². The zero-order valence-electron chi connectivity index (χ0n) is 7.76. The summed E-state index contributed by atoms with van der Waals surface area (Å²) in [6, 6.07) is 0. The second-order valence-electron chi connectivity index (χ2n) is 2.91. The van der Waals surface area contributed by atoms with Crippen molar-refractivity contribution in [3.05, 3.63) is 23.8 Å². The highest BCUT2D eigenvalue weighted by Crippen LogP contribution is 2.24. The molecule has 0 atom stereocenters. The normalized spacial score (nSPS) is 10.2. The summed E-state index contributed by atoms with van der Waals surface area (Å²) in [6.45, 7) is 0. The van der Waals surface area contributed by atoms with Crippen LogP contribution in [0.3, 0.4) is 0 Å². The summed E-state index contributed by atoms with van der Waals surface area (Å²) in [5.41, 5.74) is -0.134. The van der Waals surface area contributed by atoms with Crippen LogP contribution >= 0.6 is 0 Å². The minimum Gasteiger partial charge on any atom is -0.476 e. The molecule has 2 aromatic rings. The molecule has 0 saturated heterocycles. The maximum Gasteiger partial charge on any atom is 0.357 e. The van der Waals surface area contributed by atoms with Gasteiger partial charge in [0.2, 0.25) is 0 Å². The first-order valence-electron chi connectivity index (χ1n) is 4.15. The molecule has 0 radical (unpaired) electrons. The molecule has 0 saturated carbocycles. The van der Waals surface area contributed by atoms with Gasteiger partial charge in [0.25, 0.3) is 0 Å². The van der Waals surface area contributed by atoms with Crippen molar-refractivity contribution in [3.63, 3.8) is 0 Å². The lowest BCUT2D eigenvalue weighted by molar-refractivity contribution is 0.0678. The third-order valence-corrected chi connectivity index (χ3v) is 1.98. The summed E-state index contributed by atoms with van der Waals surface area (Å²) in [7, 11) is 0. The molecule has 0 aromatic carbocycles. The number of hydrogen-bond donors (Lipinski definition) is 4. The first-order chi connectivity index (χ1) is 7.61. The Labute approximate surface area is 87.9 Å². The molecule has 2 heterocycles. The Bertz CT molecular complexity index is 506. The number of aromatic nitrogens is 4. The van der Waals surface area contributed by atoms with E-state index in [2.05, 4.69) is 20.4 Å². The number of carboxylic acids is 2. The molecule has 0 fully saturated rings. The maximum absolute atomic E-state index is 10.8. The van der Waals surface area contributed by atoms with Gasteiger partial charge in [-0.1, -0.05) is 0 Å². The SMILES string of the molecule is O=C(O)c1n[nH]cc1-c1c[nH]nc1C(=O)O. The average Bonchev–Trinajstić information content (AvgIpc) is 2.85. The Morgan fingerprint density at radius 3 is 1.62 bits per heavy atom. The molecule has 4 N–H and O–H groups in total. The van der Waals surface area contributed by atoms with E-state index in [1.807, 2.05) is 0 Å². The summed E-state index contributed by atoms with van der Waals surface area (Å²) < 4.78 is 0. The lowest BCUT2D eigenvalue weighted by atomic mass is 10.1. The van der Waals surface area contributed by atoms with Crippen molar-refractivity contribution in [3.8, 4) is 11.1 Å². The van der Waals surface area contributed by atoms with Crippen LogP contribution in [0.15, 0.2) is 12.4 Å². The second-order valence-corrected chi connectivity index (χ2v) is 2.91. The molecule has 0 amide bonds. The molecular formula is C8H6N4O4. The number of carboxylic acid groups (broad SMARTS) is 2. The summed E-state index contributed by atoms with van der Waals surface area (Å²) in [5, 5.41) is 29.4. The van der Waals surface area contributed by atoms with Crippen LogP contribution in [0.25, 0.3) is 11.1 Å². The molecule has 2 rings (SSSR count). The van der Waals surface area contributed by atoms with Crippen LogP contribution in [0.5, 0.6) is 0 Å². The van der Waals surface area contributed by atoms with E-state index in [-0.39, 0.29) is 22.5 Å². The Morgan fingerprint density at radius 2 is 1.31 bits per heavy atom. The molecule has 2 aromatic heterocycles.